The summed E-state index contributed by atoms with van der Waals surface area (Å²) in [7, 11) is -0.950. The van der Waals surface area contributed by atoms with Gasteiger partial charge in [-0.05, 0) is 6.42 Å². The third-order valence-electron chi connectivity index (χ3n) is 2.76. The number of hydrogen-bond acceptors (Lipinski definition) is 6. The van der Waals surface area contributed by atoms with Crippen LogP contribution in [0.1, 0.15) is 19.8 Å². The number of quaternary nitrogens is 1. The Kier molecular flexibility index (Phi) is 8.80. The average Bonchev–Trinajstić information content (AvgIpc) is 2.19. The summed E-state index contributed by atoms with van der Waals surface area (Å²) in [6.07, 6.45) is 0.0251. The van der Waals surface area contributed by atoms with Gasteiger partial charge < -0.3 is 24.0 Å². The first-order valence-corrected chi connectivity index (χ1v) is 8.33. The molecule has 2 atom stereocenters. The second-order valence-corrected chi connectivity index (χ2v) is 7.21. The molecule has 0 spiro atoms. The highest BCUT2D eigenvalue weighted by molar-refractivity contribution is 7.85. The molecule has 8 heteroatoms. The van der Waals surface area contributed by atoms with Crippen LogP contribution >= 0.6 is 0 Å². The fourth-order valence-corrected chi connectivity index (χ4v) is 2.60. The van der Waals surface area contributed by atoms with Crippen molar-refractivity contribution in [2.45, 2.75) is 32.0 Å². The zero-order valence-electron chi connectivity index (χ0n) is 12.5. The van der Waals surface area contributed by atoms with Crippen LogP contribution < -0.4 is 0 Å². The molecule has 0 aliphatic carbocycles. The van der Waals surface area contributed by atoms with Crippen molar-refractivity contribution in [1.82, 2.24) is 0 Å². The third-order valence-corrected chi connectivity index (χ3v) is 3.55. The number of unbranched alkanes of at least 4 members (excludes halogenated alkanes) is 1. The Morgan fingerprint density at radius 2 is 1.75 bits per heavy atom. The van der Waals surface area contributed by atoms with E-state index in [9.17, 15) is 23.2 Å². The predicted molar refractivity (Wildman–Crippen MR) is 74.1 cm³/mol. The summed E-state index contributed by atoms with van der Waals surface area (Å²) in [5.74, 6) is -0.808. The van der Waals surface area contributed by atoms with Crippen LogP contribution in [0.25, 0.3) is 0 Å². The minimum atomic E-state index is -4.44. The molecule has 0 saturated heterocycles. The largest absolute Gasteiger partial charge is 0.748 e. The van der Waals surface area contributed by atoms with E-state index in [0.29, 0.717) is 13.2 Å². The summed E-state index contributed by atoms with van der Waals surface area (Å²) in [6, 6.07) is 0. The van der Waals surface area contributed by atoms with E-state index in [1.807, 2.05) is 6.92 Å². The fourth-order valence-electron chi connectivity index (χ4n) is 2.02. The Labute approximate surface area is 121 Å². The Bertz CT molecular complexity index is 357. The van der Waals surface area contributed by atoms with Gasteiger partial charge in [-0.25, -0.2) is 8.42 Å². The number of rotatable bonds is 11. The van der Waals surface area contributed by atoms with Crippen LogP contribution in [0.4, 0.5) is 0 Å². The van der Waals surface area contributed by atoms with E-state index >= 15 is 0 Å². The van der Waals surface area contributed by atoms with Gasteiger partial charge in [-0.1, -0.05) is 13.3 Å². The van der Waals surface area contributed by atoms with E-state index in [1.54, 1.807) is 14.1 Å². The molecule has 122 valence electrons. The number of hydrogen-bond donors (Lipinski definition) is 2. The molecule has 2 N–H and O–H groups in total. The summed E-state index contributed by atoms with van der Waals surface area (Å²) in [6.45, 7) is 3.23. The van der Waals surface area contributed by atoms with Crippen LogP contribution in [0.3, 0.4) is 0 Å². The Hall–Kier alpha value is -0.250. The number of likely N-dealkylation sites (N-methyl/N-ethyl adjacent to an activating group) is 1. The highest BCUT2D eigenvalue weighted by atomic mass is 32.2. The van der Waals surface area contributed by atoms with Crippen molar-refractivity contribution >= 4 is 10.1 Å². The summed E-state index contributed by atoms with van der Waals surface area (Å²) in [5.41, 5.74) is 0. The van der Waals surface area contributed by atoms with Crippen molar-refractivity contribution in [2.24, 2.45) is 0 Å². The molecule has 0 bridgehead atoms. The van der Waals surface area contributed by atoms with Crippen molar-refractivity contribution in [3.63, 3.8) is 0 Å². The number of nitrogens with zero attached hydrogens (tertiary/aromatic N) is 1. The minimum absolute atomic E-state index is 0.0769. The first kappa shape index (κ1) is 19.8. The van der Waals surface area contributed by atoms with Gasteiger partial charge in [0.25, 0.3) is 0 Å². The molecule has 7 nitrogen and oxygen atoms in total. The molecule has 20 heavy (non-hydrogen) atoms. The second kappa shape index (κ2) is 8.91. The maximum absolute atomic E-state index is 10.6. The first-order chi connectivity index (χ1) is 9.06. The van der Waals surface area contributed by atoms with E-state index in [4.69, 9.17) is 4.74 Å². The van der Waals surface area contributed by atoms with Crippen LogP contribution in [0.15, 0.2) is 0 Å². The lowest BCUT2D eigenvalue weighted by atomic mass is 10.2. The average molecular weight is 313 g/mol. The Balaban J connectivity index is 4.09. The second-order valence-electron chi connectivity index (χ2n) is 5.76. The number of aliphatic hydroxyl groups is 2. The van der Waals surface area contributed by atoms with Crippen molar-refractivity contribution in [2.75, 3.05) is 46.2 Å². The van der Waals surface area contributed by atoms with Gasteiger partial charge in [0.05, 0.1) is 36.6 Å². The van der Waals surface area contributed by atoms with Gasteiger partial charge >= 0.3 is 0 Å². The zero-order valence-corrected chi connectivity index (χ0v) is 13.3. The lowest BCUT2D eigenvalue weighted by Gasteiger charge is -2.33. The minimum Gasteiger partial charge on any atom is -0.748 e. The van der Waals surface area contributed by atoms with Crippen molar-refractivity contribution in [3.05, 3.63) is 0 Å². The molecule has 0 aromatic rings. The Morgan fingerprint density at radius 3 is 2.25 bits per heavy atom. The van der Waals surface area contributed by atoms with Crippen LogP contribution in [0.2, 0.25) is 0 Å². The predicted octanol–water partition coefficient (Wildman–Crippen LogP) is -0.853. The molecule has 0 radical (unpaired) electrons. The van der Waals surface area contributed by atoms with E-state index in [1.165, 1.54) is 0 Å². The van der Waals surface area contributed by atoms with Crippen LogP contribution in [-0.4, -0.2) is 86.0 Å². The molecule has 0 aromatic carbocycles. The lowest BCUT2D eigenvalue weighted by molar-refractivity contribution is -0.896. The molecule has 0 aliphatic heterocycles. The number of ether oxygens (including phenoxy) is 1. The van der Waals surface area contributed by atoms with E-state index < -0.39 is 28.1 Å². The van der Waals surface area contributed by atoms with Crippen LogP contribution in [0, 0.1) is 0 Å². The molecular weight excluding hydrogens is 286 g/mol. The third kappa shape index (κ3) is 11.6. The molecule has 0 fully saturated rings. The van der Waals surface area contributed by atoms with Gasteiger partial charge in [-0.2, -0.15) is 0 Å². The van der Waals surface area contributed by atoms with E-state index in [-0.39, 0.29) is 17.6 Å². The first-order valence-electron chi connectivity index (χ1n) is 6.75. The van der Waals surface area contributed by atoms with E-state index in [0.717, 1.165) is 12.8 Å². The van der Waals surface area contributed by atoms with E-state index in [2.05, 4.69) is 0 Å². The maximum atomic E-state index is 10.6. The lowest BCUT2D eigenvalue weighted by Crippen LogP contribution is -2.51. The zero-order chi connectivity index (χ0) is 15.8. The summed E-state index contributed by atoms with van der Waals surface area (Å²) in [5, 5.41) is 19.4. The van der Waals surface area contributed by atoms with Gasteiger partial charge in [0, 0.05) is 6.61 Å². The summed E-state index contributed by atoms with van der Waals surface area (Å²) in [4.78, 5) is 0. The highest BCUT2D eigenvalue weighted by Crippen LogP contribution is 2.05. The Morgan fingerprint density at radius 1 is 1.20 bits per heavy atom. The molecule has 0 saturated carbocycles. The van der Waals surface area contributed by atoms with Gasteiger partial charge in [-0.15, -0.1) is 0 Å². The smallest absolute Gasteiger partial charge is 0.126 e. The highest BCUT2D eigenvalue weighted by Gasteiger charge is 2.25. The normalized spacial score (nSPS) is 16.1. The molecule has 0 aliphatic rings. The van der Waals surface area contributed by atoms with Crippen LogP contribution in [-0.2, 0) is 14.9 Å². The molecule has 0 rings (SSSR count). The topological polar surface area (TPSA) is 107 Å². The van der Waals surface area contributed by atoms with Crippen LogP contribution in [0.5, 0.6) is 0 Å². The maximum Gasteiger partial charge on any atom is 0.126 e. The molecule has 2 unspecified atom stereocenters. The van der Waals surface area contributed by atoms with Gasteiger partial charge in [0.2, 0.25) is 0 Å². The SMILES string of the molecule is CCCCOCC(O)C[N+](C)(C)CC(O)CS(=O)(=O)[O-]. The molecule has 0 aromatic heterocycles. The van der Waals surface area contributed by atoms with Gasteiger partial charge in [0.15, 0.2) is 0 Å². The molecule has 0 heterocycles. The molecule has 0 amide bonds. The summed E-state index contributed by atoms with van der Waals surface area (Å²) >= 11 is 0. The van der Waals surface area contributed by atoms with Gasteiger partial charge in [0.1, 0.15) is 25.3 Å². The van der Waals surface area contributed by atoms with Crippen molar-refractivity contribution < 1.29 is 32.4 Å². The number of aliphatic hydroxyl groups excluding tert-OH is 2. The fraction of sp³-hybridized carbons (Fsp3) is 1.00. The molecular formula is C12H27NO6S. The quantitative estimate of drug-likeness (QED) is 0.292. The summed E-state index contributed by atoms with van der Waals surface area (Å²) < 4.78 is 37.2. The van der Waals surface area contributed by atoms with Crippen molar-refractivity contribution in [1.29, 1.82) is 0 Å². The van der Waals surface area contributed by atoms with Crippen molar-refractivity contribution in [3.8, 4) is 0 Å². The monoisotopic (exact) mass is 313 g/mol. The van der Waals surface area contributed by atoms with Gasteiger partial charge in [-0.3, -0.25) is 0 Å². The standard InChI is InChI=1S/C12H27NO6S/c1-4-5-6-19-9-11(14)7-13(2,3)8-12(15)10-20(16,17)18/h11-12,14-15H,4-10H2,1-3H3.